The number of carbonyl (C=O) groups is 2. The number of benzene rings is 1. The van der Waals surface area contributed by atoms with E-state index < -0.39 is 134 Å². The number of nitrogens with one attached hydrogen (secondary N) is 1. The van der Waals surface area contributed by atoms with Gasteiger partial charge in [0.25, 0.3) is 0 Å². The molecule has 4 fully saturated rings. The molecule has 366 valence electrons. The largest absolute Gasteiger partial charge is 0.461 e. The maximum atomic E-state index is 12.6. The van der Waals surface area contributed by atoms with E-state index in [1.807, 2.05) is 30.3 Å². The molecule has 4 heterocycles. The predicted octanol–water partition coefficient (Wildman–Crippen LogP) is -1.37. The molecular formula is C43H69NO20. The van der Waals surface area contributed by atoms with Gasteiger partial charge in [-0.15, -0.1) is 0 Å². The normalized spacial score (nSPS) is 40.7. The van der Waals surface area contributed by atoms with Crippen molar-refractivity contribution in [2.45, 2.75) is 209 Å². The number of aliphatic hydroxyl groups excluding tert-OH is 7. The highest BCUT2D eigenvalue weighted by atomic mass is 16.8. The number of methoxy groups -OCH3 is 1. The lowest BCUT2D eigenvalue weighted by molar-refractivity contribution is -0.387. The number of esters is 1. The number of aliphatic hydroxyl groups is 8. The van der Waals surface area contributed by atoms with Gasteiger partial charge in [-0.25, -0.2) is 0 Å². The van der Waals surface area contributed by atoms with Gasteiger partial charge in [0, 0.05) is 20.1 Å². The molecule has 4 aliphatic rings. The van der Waals surface area contributed by atoms with Crippen molar-refractivity contribution in [3.05, 3.63) is 35.9 Å². The molecule has 0 bridgehead atoms. The summed E-state index contributed by atoms with van der Waals surface area (Å²) in [5.74, 6) is -0.877. The number of amides is 1. The molecule has 64 heavy (non-hydrogen) atoms. The van der Waals surface area contributed by atoms with E-state index >= 15 is 0 Å². The maximum absolute atomic E-state index is 12.6. The van der Waals surface area contributed by atoms with Crippen LogP contribution in [0.1, 0.15) is 79.2 Å². The smallest absolute Gasteiger partial charge is 0.306 e. The summed E-state index contributed by atoms with van der Waals surface area (Å²) in [4.78, 5) is 24.8. The third-order valence-electron chi connectivity index (χ3n) is 11.8. The first kappa shape index (κ1) is 52.4. The average Bonchev–Trinajstić information content (AvgIpc) is 3.23. The average molecular weight is 920 g/mol. The lowest BCUT2D eigenvalue weighted by Gasteiger charge is -2.49. The molecule has 4 saturated heterocycles. The zero-order valence-corrected chi connectivity index (χ0v) is 37.4. The van der Waals surface area contributed by atoms with Crippen molar-refractivity contribution >= 4 is 11.9 Å². The van der Waals surface area contributed by atoms with Crippen molar-refractivity contribution in [3.63, 3.8) is 0 Å². The molecule has 21 nitrogen and oxygen atoms in total. The summed E-state index contributed by atoms with van der Waals surface area (Å²) in [5, 5.41) is 91.3. The highest BCUT2D eigenvalue weighted by Crippen LogP contribution is 2.35. The molecule has 20 atom stereocenters. The second-order valence-electron chi connectivity index (χ2n) is 17.7. The lowest BCUT2D eigenvalue weighted by Crippen LogP contribution is -2.67. The van der Waals surface area contributed by atoms with E-state index in [-0.39, 0.29) is 32.0 Å². The quantitative estimate of drug-likeness (QED) is 0.0571. The molecule has 4 aliphatic heterocycles. The van der Waals surface area contributed by atoms with E-state index in [0.717, 1.165) is 5.56 Å². The van der Waals surface area contributed by atoms with E-state index in [1.165, 1.54) is 41.7 Å². The van der Waals surface area contributed by atoms with Crippen LogP contribution < -0.4 is 5.32 Å². The Morgan fingerprint density at radius 2 is 1.16 bits per heavy atom. The molecule has 0 aliphatic carbocycles. The molecule has 0 aromatic heterocycles. The number of unbranched alkanes of at least 4 members (excludes halogenated alkanes) is 2. The molecule has 1 amide bonds. The van der Waals surface area contributed by atoms with Crippen molar-refractivity contribution in [1.82, 2.24) is 5.32 Å². The predicted molar refractivity (Wildman–Crippen MR) is 218 cm³/mol. The van der Waals surface area contributed by atoms with Crippen LogP contribution in [0.3, 0.4) is 0 Å². The van der Waals surface area contributed by atoms with Gasteiger partial charge >= 0.3 is 5.97 Å². The van der Waals surface area contributed by atoms with Crippen LogP contribution >= 0.6 is 0 Å². The standard InChI is InChI=1S/C43H69NO20/c1-20-27(44-25(45)18-43(5,6)54)31(50)37(55-7)42(58-20)63-36-30(49)23(4)59-39(34(36)53)62-35-29(48)22(3)60-40(33(35)52)64-38-32(51)28(47)21(2)61-41(38)56-17-13-9-12-16-26(46)57-19-24-14-10-8-11-15-24/h8,10-11,14-15,20-23,27-42,47-54H,9,12-13,16-19H2,1-7H3,(H,44,45)/t20-,21+,22+,23+,27-,28+,29+,30+,31+,32-,33-,34-,35-,36-,37-,38-,39+,40+,41+,42+/m1/s1. The Morgan fingerprint density at radius 3 is 1.73 bits per heavy atom. The van der Waals surface area contributed by atoms with E-state index in [9.17, 15) is 50.4 Å². The number of ether oxygens (including phenoxy) is 10. The molecule has 1 aromatic rings. The van der Waals surface area contributed by atoms with Crippen LogP contribution in [0.4, 0.5) is 0 Å². The topological polar surface area (TPSA) is 300 Å². The number of hydrogen-bond acceptors (Lipinski definition) is 20. The number of hydrogen-bond donors (Lipinski definition) is 9. The fraction of sp³-hybridized carbons (Fsp3) is 0.814. The summed E-state index contributed by atoms with van der Waals surface area (Å²) in [6.45, 7) is 9.26. The monoisotopic (exact) mass is 919 g/mol. The highest BCUT2D eigenvalue weighted by Gasteiger charge is 2.55. The van der Waals surface area contributed by atoms with Crippen LogP contribution in [0.15, 0.2) is 30.3 Å². The first-order chi connectivity index (χ1) is 30.2. The Hall–Kier alpha value is -2.52. The summed E-state index contributed by atoms with van der Waals surface area (Å²) in [7, 11) is 1.27. The van der Waals surface area contributed by atoms with Gasteiger partial charge in [-0.2, -0.15) is 0 Å². The van der Waals surface area contributed by atoms with Gasteiger partial charge in [0.15, 0.2) is 25.2 Å². The van der Waals surface area contributed by atoms with Crippen LogP contribution in [0.5, 0.6) is 0 Å². The van der Waals surface area contributed by atoms with Gasteiger partial charge in [0.1, 0.15) is 73.8 Å². The lowest BCUT2D eigenvalue weighted by atomic mass is 9.94. The van der Waals surface area contributed by atoms with E-state index in [1.54, 1.807) is 6.92 Å². The number of rotatable bonds is 19. The second-order valence-corrected chi connectivity index (χ2v) is 17.7. The molecule has 5 rings (SSSR count). The van der Waals surface area contributed by atoms with Gasteiger partial charge in [0.2, 0.25) is 5.91 Å². The minimum absolute atomic E-state index is 0.118. The van der Waals surface area contributed by atoms with Gasteiger partial charge in [-0.3, -0.25) is 9.59 Å². The van der Waals surface area contributed by atoms with Crippen LogP contribution in [-0.2, 0) is 63.6 Å². The van der Waals surface area contributed by atoms with Crippen molar-refractivity contribution in [1.29, 1.82) is 0 Å². The maximum Gasteiger partial charge on any atom is 0.306 e. The summed E-state index contributed by atoms with van der Waals surface area (Å²) >= 11 is 0. The van der Waals surface area contributed by atoms with Crippen LogP contribution in [0.2, 0.25) is 0 Å². The zero-order valence-electron chi connectivity index (χ0n) is 37.4. The summed E-state index contributed by atoms with van der Waals surface area (Å²) in [6, 6.07) is 8.35. The SMILES string of the molecule is CO[C@H]1[C@H](O[C@@H]2[C@@H](O)[C@H](C)O[C@@H](O[C@@H]3[C@@H](O)[C@H](C)O[C@@H](O[C@H]4[C@@H](OCCCCCC(=O)OCc5ccccc5)O[C@@H](C)[C@H](O)[C@H]4O)[C@@H]3O)[C@@H]2O)O[C@H](C)[C@@H](NC(=O)CC(C)(C)O)[C@@H]1O. The first-order valence-electron chi connectivity index (χ1n) is 21.9. The Balaban J connectivity index is 1.18. The summed E-state index contributed by atoms with van der Waals surface area (Å²) in [6.07, 6.45) is -25.0. The Labute approximate surface area is 372 Å². The van der Waals surface area contributed by atoms with Crippen molar-refractivity contribution < 1.29 is 97.8 Å². The van der Waals surface area contributed by atoms with Gasteiger partial charge in [0.05, 0.1) is 42.5 Å². The van der Waals surface area contributed by atoms with Crippen molar-refractivity contribution in [3.8, 4) is 0 Å². The Kier molecular flexibility index (Phi) is 19.2. The minimum atomic E-state index is -1.81. The zero-order chi connectivity index (χ0) is 47.0. The van der Waals surface area contributed by atoms with Crippen LogP contribution in [0, 0.1) is 0 Å². The van der Waals surface area contributed by atoms with Crippen LogP contribution in [-0.4, -0.2) is 195 Å². The molecule has 21 heteroatoms. The molecule has 0 saturated carbocycles. The number of carbonyl (C=O) groups excluding carboxylic acids is 2. The third-order valence-corrected chi connectivity index (χ3v) is 11.8. The van der Waals surface area contributed by atoms with E-state index in [0.29, 0.717) is 19.3 Å². The first-order valence-corrected chi connectivity index (χ1v) is 21.9. The van der Waals surface area contributed by atoms with Gasteiger partial charge in [-0.1, -0.05) is 36.8 Å². The fourth-order valence-electron chi connectivity index (χ4n) is 8.05. The summed E-state index contributed by atoms with van der Waals surface area (Å²) < 4.78 is 58.3. The van der Waals surface area contributed by atoms with E-state index in [2.05, 4.69) is 5.32 Å². The molecule has 0 unspecified atom stereocenters. The molecule has 9 N–H and O–H groups in total. The molecule has 0 radical (unpaired) electrons. The Bertz CT molecular complexity index is 1590. The Morgan fingerprint density at radius 1 is 0.625 bits per heavy atom. The minimum Gasteiger partial charge on any atom is -0.461 e. The molecular weight excluding hydrogens is 850 g/mol. The summed E-state index contributed by atoms with van der Waals surface area (Å²) in [5.41, 5.74) is -0.427. The van der Waals surface area contributed by atoms with Crippen LogP contribution in [0.25, 0.3) is 0 Å². The van der Waals surface area contributed by atoms with Gasteiger partial charge in [-0.05, 0) is 59.9 Å². The van der Waals surface area contributed by atoms with Gasteiger partial charge < -0.3 is 93.5 Å². The molecule has 0 spiro atoms. The van der Waals surface area contributed by atoms with Crippen molar-refractivity contribution in [2.75, 3.05) is 13.7 Å². The molecule has 1 aromatic carbocycles. The second kappa shape index (κ2) is 23.5. The van der Waals surface area contributed by atoms with Crippen molar-refractivity contribution in [2.24, 2.45) is 0 Å². The van der Waals surface area contributed by atoms with E-state index in [4.69, 9.17) is 47.4 Å². The fourth-order valence-corrected chi connectivity index (χ4v) is 8.05. The third kappa shape index (κ3) is 13.6. The highest BCUT2D eigenvalue weighted by molar-refractivity contribution is 5.77.